The van der Waals surface area contributed by atoms with Gasteiger partial charge in [0.05, 0.1) is 18.1 Å². The molecule has 0 N–H and O–H groups in total. The van der Waals surface area contributed by atoms with Crippen LogP contribution in [0.1, 0.15) is 38.7 Å². The minimum absolute atomic E-state index is 0.0248. The predicted molar refractivity (Wildman–Crippen MR) is 101 cm³/mol. The summed E-state index contributed by atoms with van der Waals surface area (Å²) in [5.41, 5.74) is 0.915. The van der Waals surface area contributed by atoms with Gasteiger partial charge in [0.2, 0.25) is 0 Å². The summed E-state index contributed by atoms with van der Waals surface area (Å²) in [5, 5.41) is 0. The van der Waals surface area contributed by atoms with E-state index in [0.29, 0.717) is 34.2 Å². The van der Waals surface area contributed by atoms with Crippen molar-refractivity contribution in [2.24, 2.45) is 0 Å². The van der Waals surface area contributed by atoms with Crippen molar-refractivity contribution in [2.45, 2.75) is 39.2 Å². The highest BCUT2D eigenvalue weighted by Crippen LogP contribution is 2.40. The third-order valence-electron chi connectivity index (χ3n) is 3.76. The molecule has 0 bridgehead atoms. The van der Waals surface area contributed by atoms with E-state index < -0.39 is 0 Å². The normalized spacial score (nSPS) is 19.2. The van der Waals surface area contributed by atoms with Crippen LogP contribution < -0.4 is 9.47 Å². The standard InChI is InChI=1S/C18H21NO3S2/c1-3-9-22-14-8-5-12(10-15(14)21-4-2)11-16-17(20)19(13-6-7-13)18(23)24-16/h5,8,10-11,13H,3-4,6-7,9H2,1-2H3. The molecule has 0 radical (unpaired) electrons. The van der Waals surface area contributed by atoms with E-state index in [2.05, 4.69) is 6.92 Å². The minimum atomic E-state index is 0.0248. The number of ether oxygens (including phenoxy) is 2. The van der Waals surface area contributed by atoms with Crippen LogP contribution in [-0.4, -0.2) is 34.4 Å². The third-order valence-corrected chi connectivity index (χ3v) is 5.09. The van der Waals surface area contributed by atoms with Crippen molar-refractivity contribution in [1.29, 1.82) is 0 Å². The lowest BCUT2D eigenvalue weighted by molar-refractivity contribution is -0.122. The molecular formula is C18H21NO3S2. The number of rotatable bonds is 7. The fourth-order valence-electron chi connectivity index (χ4n) is 2.49. The van der Waals surface area contributed by atoms with E-state index in [1.807, 2.05) is 31.2 Å². The summed E-state index contributed by atoms with van der Waals surface area (Å²) in [4.78, 5) is 14.9. The van der Waals surface area contributed by atoms with Gasteiger partial charge < -0.3 is 9.47 Å². The monoisotopic (exact) mass is 363 g/mol. The summed E-state index contributed by atoms with van der Waals surface area (Å²) in [6, 6.07) is 6.07. The van der Waals surface area contributed by atoms with Gasteiger partial charge in [0, 0.05) is 6.04 Å². The molecule has 1 saturated heterocycles. The molecule has 0 aromatic heterocycles. The summed E-state index contributed by atoms with van der Waals surface area (Å²) >= 11 is 6.72. The quantitative estimate of drug-likeness (QED) is 0.535. The van der Waals surface area contributed by atoms with Crippen LogP contribution in [0.25, 0.3) is 6.08 Å². The highest BCUT2D eigenvalue weighted by molar-refractivity contribution is 8.26. The number of thiocarbonyl (C=S) groups is 1. The summed E-state index contributed by atoms with van der Waals surface area (Å²) in [5.74, 6) is 1.47. The first-order chi connectivity index (χ1) is 11.6. The lowest BCUT2D eigenvalue weighted by Gasteiger charge is -2.12. The van der Waals surface area contributed by atoms with E-state index in [1.54, 1.807) is 4.90 Å². The Kier molecular flexibility index (Phi) is 5.46. The van der Waals surface area contributed by atoms with Gasteiger partial charge in [-0.05, 0) is 50.0 Å². The fourth-order valence-corrected chi connectivity index (χ4v) is 3.89. The van der Waals surface area contributed by atoms with Gasteiger partial charge in [0.25, 0.3) is 5.91 Å². The molecule has 0 spiro atoms. The van der Waals surface area contributed by atoms with E-state index in [9.17, 15) is 4.79 Å². The molecule has 6 heteroatoms. The molecule has 1 aromatic carbocycles. The van der Waals surface area contributed by atoms with Gasteiger partial charge in [-0.25, -0.2) is 0 Å². The van der Waals surface area contributed by atoms with E-state index >= 15 is 0 Å². The fraction of sp³-hybridized carbons (Fsp3) is 0.444. The molecule has 2 aliphatic rings. The van der Waals surface area contributed by atoms with Crippen LogP contribution in [0, 0.1) is 0 Å². The number of nitrogens with zero attached hydrogens (tertiary/aromatic N) is 1. The lowest BCUT2D eigenvalue weighted by Crippen LogP contribution is -2.30. The van der Waals surface area contributed by atoms with Gasteiger partial charge in [-0.1, -0.05) is 37.0 Å². The largest absolute Gasteiger partial charge is 0.490 e. The summed E-state index contributed by atoms with van der Waals surface area (Å²) in [6.07, 6.45) is 4.93. The first-order valence-corrected chi connectivity index (χ1v) is 9.53. The molecule has 1 aromatic rings. The van der Waals surface area contributed by atoms with Crippen LogP contribution in [0.15, 0.2) is 23.1 Å². The molecule has 0 unspecified atom stereocenters. The summed E-state index contributed by atoms with van der Waals surface area (Å²) in [6.45, 7) is 5.23. The van der Waals surface area contributed by atoms with Gasteiger partial charge in [0.15, 0.2) is 11.5 Å². The van der Waals surface area contributed by atoms with Gasteiger partial charge in [-0.2, -0.15) is 0 Å². The molecule has 1 amide bonds. The number of carbonyl (C=O) groups is 1. The number of hydrogen-bond donors (Lipinski definition) is 0. The highest BCUT2D eigenvalue weighted by atomic mass is 32.2. The zero-order valence-corrected chi connectivity index (χ0v) is 15.5. The van der Waals surface area contributed by atoms with E-state index in [-0.39, 0.29) is 5.91 Å². The second-order valence-electron chi connectivity index (χ2n) is 5.77. The molecule has 1 saturated carbocycles. The first kappa shape index (κ1) is 17.3. The second-order valence-corrected chi connectivity index (χ2v) is 7.45. The molecule has 3 rings (SSSR count). The maximum Gasteiger partial charge on any atom is 0.266 e. The Hall–Kier alpha value is -1.53. The van der Waals surface area contributed by atoms with Crippen LogP contribution in [-0.2, 0) is 4.79 Å². The average molecular weight is 364 g/mol. The number of carbonyl (C=O) groups excluding carboxylic acids is 1. The van der Waals surface area contributed by atoms with Crippen LogP contribution in [0.3, 0.4) is 0 Å². The smallest absolute Gasteiger partial charge is 0.266 e. The van der Waals surface area contributed by atoms with E-state index in [4.69, 9.17) is 21.7 Å². The van der Waals surface area contributed by atoms with Crippen LogP contribution >= 0.6 is 24.0 Å². The Bertz CT molecular complexity index is 683. The zero-order chi connectivity index (χ0) is 17.1. The Labute approximate surface area is 152 Å². The van der Waals surface area contributed by atoms with Gasteiger partial charge in [-0.15, -0.1) is 0 Å². The molecule has 0 atom stereocenters. The second kappa shape index (κ2) is 7.57. The van der Waals surface area contributed by atoms with E-state index in [0.717, 1.165) is 30.6 Å². The van der Waals surface area contributed by atoms with Crippen molar-refractivity contribution in [2.75, 3.05) is 13.2 Å². The minimum Gasteiger partial charge on any atom is -0.490 e. The highest BCUT2D eigenvalue weighted by Gasteiger charge is 2.41. The van der Waals surface area contributed by atoms with Crippen molar-refractivity contribution in [3.63, 3.8) is 0 Å². The van der Waals surface area contributed by atoms with Crippen molar-refractivity contribution >= 4 is 40.3 Å². The number of hydrogen-bond acceptors (Lipinski definition) is 5. The molecule has 2 fully saturated rings. The van der Waals surface area contributed by atoms with E-state index in [1.165, 1.54) is 11.8 Å². The number of benzene rings is 1. The third kappa shape index (κ3) is 3.75. The molecule has 1 aliphatic carbocycles. The van der Waals surface area contributed by atoms with Crippen molar-refractivity contribution < 1.29 is 14.3 Å². The Balaban J connectivity index is 1.82. The van der Waals surface area contributed by atoms with Crippen molar-refractivity contribution in [3.05, 3.63) is 28.7 Å². The molecule has 128 valence electrons. The SMILES string of the molecule is CCCOc1ccc(C=C2SC(=S)N(C3CC3)C2=O)cc1OCC. The summed E-state index contributed by atoms with van der Waals surface area (Å²) in [7, 11) is 0. The van der Waals surface area contributed by atoms with Crippen molar-refractivity contribution in [1.82, 2.24) is 4.90 Å². The zero-order valence-electron chi connectivity index (χ0n) is 13.9. The first-order valence-electron chi connectivity index (χ1n) is 8.30. The van der Waals surface area contributed by atoms with Crippen molar-refractivity contribution in [3.8, 4) is 11.5 Å². The predicted octanol–water partition coefficient (Wildman–Crippen LogP) is 4.24. The molecule has 1 aliphatic heterocycles. The van der Waals surface area contributed by atoms with Gasteiger partial charge in [-0.3, -0.25) is 9.69 Å². The average Bonchev–Trinajstić information content (AvgIpc) is 3.34. The maximum absolute atomic E-state index is 12.5. The number of thioether (sulfide) groups is 1. The maximum atomic E-state index is 12.5. The number of amides is 1. The molecule has 4 nitrogen and oxygen atoms in total. The molecular weight excluding hydrogens is 342 g/mol. The Morgan fingerprint density at radius 2 is 2.08 bits per heavy atom. The lowest BCUT2D eigenvalue weighted by atomic mass is 10.2. The van der Waals surface area contributed by atoms with Crippen LogP contribution in [0.4, 0.5) is 0 Å². The topological polar surface area (TPSA) is 38.8 Å². The molecule has 1 heterocycles. The Morgan fingerprint density at radius 3 is 2.75 bits per heavy atom. The Morgan fingerprint density at radius 1 is 1.29 bits per heavy atom. The molecule has 24 heavy (non-hydrogen) atoms. The van der Waals surface area contributed by atoms with Crippen LogP contribution in [0.5, 0.6) is 11.5 Å². The van der Waals surface area contributed by atoms with Gasteiger partial charge in [0.1, 0.15) is 4.32 Å². The summed E-state index contributed by atoms with van der Waals surface area (Å²) < 4.78 is 12.1. The van der Waals surface area contributed by atoms with Crippen LogP contribution in [0.2, 0.25) is 0 Å². The van der Waals surface area contributed by atoms with Gasteiger partial charge >= 0.3 is 0 Å².